The lowest BCUT2D eigenvalue weighted by Crippen LogP contribution is -2.05. The largest absolute Gasteiger partial charge is 0.384 e. The van der Waals surface area contributed by atoms with E-state index in [1.54, 1.807) is 17.1 Å². The summed E-state index contributed by atoms with van der Waals surface area (Å²) >= 11 is 0. The van der Waals surface area contributed by atoms with Gasteiger partial charge in [0, 0.05) is 25.5 Å². The smallest absolute Gasteiger partial charge is 0.174 e. The van der Waals surface area contributed by atoms with E-state index in [9.17, 15) is 0 Å². The molecule has 6 heteroatoms. The van der Waals surface area contributed by atoms with Gasteiger partial charge in [0.25, 0.3) is 0 Å². The Balaban J connectivity index is 2.10. The van der Waals surface area contributed by atoms with Crippen molar-refractivity contribution in [1.82, 2.24) is 24.3 Å². The Labute approximate surface area is 110 Å². The Bertz CT molecular complexity index is 724. The normalized spacial score (nSPS) is 10.8. The van der Waals surface area contributed by atoms with Gasteiger partial charge >= 0.3 is 0 Å². The van der Waals surface area contributed by atoms with Crippen LogP contribution < -0.4 is 5.73 Å². The maximum atomic E-state index is 6.00. The Kier molecular flexibility index (Phi) is 2.56. The van der Waals surface area contributed by atoms with Crippen LogP contribution in [0.4, 0.5) is 5.82 Å². The molecule has 0 aliphatic rings. The quantitative estimate of drug-likeness (QED) is 0.753. The van der Waals surface area contributed by atoms with E-state index in [0.717, 1.165) is 17.1 Å². The third-order valence-corrected chi connectivity index (χ3v) is 2.90. The molecule has 0 aromatic carbocycles. The number of nitrogens with zero attached hydrogens (tertiary/aromatic N) is 5. The van der Waals surface area contributed by atoms with Crippen LogP contribution in [0.25, 0.3) is 17.2 Å². The molecule has 96 valence electrons. The number of anilines is 1. The Hall–Kier alpha value is -2.63. The van der Waals surface area contributed by atoms with Crippen LogP contribution in [0.15, 0.2) is 36.8 Å². The van der Waals surface area contributed by atoms with Gasteiger partial charge in [0.2, 0.25) is 0 Å². The minimum atomic E-state index is 0.538. The van der Waals surface area contributed by atoms with Crippen LogP contribution in [0.1, 0.15) is 5.69 Å². The lowest BCUT2D eigenvalue weighted by molar-refractivity contribution is 0.835. The molecular formula is C13H14N6. The minimum Gasteiger partial charge on any atom is -0.384 e. The molecule has 0 saturated heterocycles. The molecule has 0 radical (unpaired) electrons. The molecule has 6 nitrogen and oxygen atoms in total. The molecule has 3 heterocycles. The van der Waals surface area contributed by atoms with Gasteiger partial charge in [-0.2, -0.15) is 9.78 Å². The van der Waals surface area contributed by atoms with Crippen LogP contribution in [0.2, 0.25) is 0 Å². The molecule has 0 aliphatic carbocycles. The molecule has 3 aromatic rings. The molecule has 0 unspecified atom stereocenters. The van der Waals surface area contributed by atoms with Gasteiger partial charge in [-0.3, -0.25) is 4.98 Å². The monoisotopic (exact) mass is 254 g/mol. The van der Waals surface area contributed by atoms with Crippen molar-refractivity contribution in [3.63, 3.8) is 0 Å². The Morgan fingerprint density at radius 2 is 2.11 bits per heavy atom. The zero-order valence-electron chi connectivity index (χ0n) is 10.8. The number of hydrogen-bond acceptors (Lipinski definition) is 4. The summed E-state index contributed by atoms with van der Waals surface area (Å²) in [7, 11) is 1.97. The fraction of sp³-hybridized carbons (Fsp3) is 0.154. The maximum absolute atomic E-state index is 6.00. The van der Waals surface area contributed by atoms with E-state index in [1.807, 2.05) is 42.9 Å². The number of nitrogen functional groups attached to an aromatic ring is 1. The minimum absolute atomic E-state index is 0.538. The van der Waals surface area contributed by atoms with Gasteiger partial charge in [-0.25, -0.2) is 4.98 Å². The summed E-state index contributed by atoms with van der Waals surface area (Å²) in [5, 5.41) is 4.49. The molecule has 0 fully saturated rings. The number of aryl methyl sites for hydroxylation is 2. The molecule has 0 atom stereocenters. The summed E-state index contributed by atoms with van der Waals surface area (Å²) in [4.78, 5) is 8.48. The molecule has 0 bridgehead atoms. The van der Waals surface area contributed by atoms with Crippen molar-refractivity contribution >= 4 is 5.82 Å². The topological polar surface area (TPSA) is 74.5 Å². The number of nitrogens with two attached hydrogens (primary N) is 1. The summed E-state index contributed by atoms with van der Waals surface area (Å²) in [6, 6.07) is 5.80. The average Bonchev–Trinajstić information content (AvgIpc) is 2.95. The zero-order valence-corrected chi connectivity index (χ0v) is 10.8. The highest BCUT2D eigenvalue weighted by atomic mass is 15.3. The van der Waals surface area contributed by atoms with E-state index in [1.165, 1.54) is 0 Å². The first kappa shape index (κ1) is 11.5. The Morgan fingerprint density at radius 3 is 2.79 bits per heavy atom. The maximum Gasteiger partial charge on any atom is 0.174 e. The molecule has 0 saturated carbocycles. The molecule has 0 aliphatic heterocycles. The first-order valence-corrected chi connectivity index (χ1v) is 5.91. The predicted octanol–water partition coefficient (Wildman–Crippen LogP) is 1.56. The van der Waals surface area contributed by atoms with Crippen LogP contribution in [-0.4, -0.2) is 24.3 Å². The summed E-state index contributed by atoms with van der Waals surface area (Å²) in [6.07, 6.45) is 5.31. The lowest BCUT2D eigenvalue weighted by Gasteiger charge is -2.02. The SMILES string of the molecule is Cc1cncc(-n2nc(-c3cccn3C)cc2N)n1. The van der Waals surface area contributed by atoms with Crippen LogP contribution >= 0.6 is 0 Å². The van der Waals surface area contributed by atoms with Crippen LogP contribution in [0, 0.1) is 6.92 Å². The fourth-order valence-electron chi connectivity index (χ4n) is 1.98. The second-order valence-electron chi connectivity index (χ2n) is 4.39. The highest BCUT2D eigenvalue weighted by molar-refractivity contribution is 5.60. The third-order valence-electron chi connectivity index (χ3n) is 2.90. The van der Waals surface area contributed by atoms with E-state index in [2.05, 4.69) is 15.1 Å². The van der Waals surface area contributed by atoms with E-state index in [-0.39, 0.29) is 0 Å². The molecule has 0 spiro atoms. The lowest BCUT2D eigenvalue weighted by atomic mass is 10.3. The molecular weight excluding hydrogens is 240 g/mol. The van der Waals surface area contributed by atoms with E-state index in [0.29, 0.717) is 11.6 Å². The second kappa shape index (κ2) is 4.24. The van der Waals surface area contributed by atoms with Gasteiger partial charge in [0.1, 0.15) is 11.5 Å². The molecule has 3 aromatic heterocycles. The van der Waals surface area contributed by atoms with Gasteiger partial charge in [-0.1, -0.05) is 0 Å². The van der Waals surface area contributed by atoms with Gasteiger partial charge in [-0.15, -0.1) is 0 Å². The van der Waals surface area contributed by atoms with Crippen LogP contribution in [-0.2, 0) is 7.05 Å². The summed E-state index contributed by atoms with van der Waals surface area (Å²) in [5.74, 6) is 1.16. The zero-order chi connectivity index (χ0) is 13.4. The van der Waals surface area contributed by atoms with Crippen molar-refractivity contribution in [3.05, 3.63) is 42.5 Å². The first-order chi connectivity index (χ1) is 9.15. The van der Waals surface area contributed by atoms with E-state index >= 15 is 0 Å². The van der Waals surface area contributed by atoms with Crippen molar-refractivity contribution in [2.75, 3.05) is 5.73 Å². The van der Waals surface area contributed by atoms with Crippen LogP contribution in [0.5, 0.6) is 0 Å². The molecule has 2 N–H and O–H groups in total. The Morgan fingerprint density at radius 1 is 1.26 bits per heavy atom. The number of hydrogen-bond donors (Lipinski definition) is 1. The highest BCUT2D eigenvalue weighted by Gasteiger charge is 2.11. The highest BCUT2D eigenvalue weighted by Crippen LogP contribution is 2.22. The standard InChI is InChI=1S/C13H14N6/c1-9-7-15-8-13(16-9)19-12(14)6-10(17-19)11-4-3-5-18(11)2/h3-8H,14H2,1-2H3. The molecule has 3 rings (SSSR count). The first-order valence-electron chi connectivity index (χ1n) is 5.91. The van der Waals surface area contributed by atoms with Crippen molar-refractivity contribution in [2.45, 2.75) is 6.92 Å². The van der Waals surface area contributed by atoms with E-state index in [4.69, 9.17) is 5.73 Å². The number of aromatic nitrogens is 5. The average molecular weight is 254 g/mol. The van der Waals surface area contributed by atoms with Crippen molar-refractivity contribution in [2.24, 2.45) is 7.05 Å². The molecule has 0 amide bonds. The molecule has 19 heavy (non-hydrogen) atoms. The van der Waals surface area contributed by atoms with Gasteiger partial charge in [0.15, 0.2) is 5.82 Å². The van der Waals surface area contributed by atoms with Crippen molar-refractivity contribution in [1.29, 1.82) is 0 Å². The van der Waals surface area contributed by atoms with Crippen LogP contribution in [0.3, 0.4) is 0 Å². The van der Waals surface area contributed by atoms with Crippen molar-refractivity contribution < 1.29 is 0 Å². The summed E-state index contributed by atoms with van der Waals surface area (Å²) in [5.41, 5.74) is 8.65. The third kappa shape index (κ3) is 1.97. The van der Waals surface area contributed by atoms with Crippen molar-refractivity contribution in [3.8, 4) is 17.2 Å². The second-order valence-corrected chi connectivity index (χ2v) is 4.39. The summed E-state index contributed by atoms with van der Waals surface area (Å²) < 4.78 is 3.59. The predicted molar refractivity (Wildman–Crippen MR) is 72.7 cm³/mol. The van der Waals surface area contributed by atoms with Gasteiger partial charge in [-0.05, 0) is 19.1 Å². The fourth-order valence-corrected chi connectivity index (χ4v) is 1.98. The summed E-state index contributed by atoms with van der Waals surface area (Å²) in [6.45, 7) is 1.88. The van der Waals surface area contributed by atoms with E-state index < -0.39 is 0 Å². The number of rotatable bonds is 2. The van der Waals surface area contributed by atoms with Gasteiger partial charge in [0.05, 0.1) is 17.6 Å². The van der Waals surface area contributed by atoms with Gasteiger partial charge < -0.3 is 10.3 Å².